The Hall–Kier alpha value is -0.0400. The van der Waals surface area contributed by atoms with Crippen molar-refractivity contribution in [3.8, 4) is 0 Å². The molecule has 0 spiro atoms. The summed E-state index contributed by atoms with van der Waals surface area (Å²) in [6.07, 6.45) is 3.74. The van der Waals surface area contributed by atoms with Crippen molar-refractivity contribution >= 4 is 29.9 Å². The van der Waals surface area contributed by atoms with Gasteiger partial charge in [0.1, 0.15) is 0 Å². The van der Waals surface area contributed by atoms with Gasteiger partial charge in [-0.3, -0.25) is 4.99 Å². The molecular formula is C14H30IN3O. The van der Waals surface area contributed by atoms with Crippen LogP contribution < -0.4 is 10.6 Å². The third-order valence-corrected chi connectivity index (χ3v) is 3.28. The summed E-state index contributed by atoms with van der Waals surface area (Å²) >= 11 is 0. The van der Waals surface area contributed by atoms with Crippen LogP contribution in [0, 0.1) is 5.41 Å². The van der Waals surface area contributed by atoms with E-state index in [0.29, 0.717) is 11.5 Å². The minimum atomic E-state index is 0. The molecule has 19 heavy (non-hydrogen) atoms. The average molecular weight is 383 g/mol. The Bertz CT molecular complexity index is 265. The number of halogens is 1. The van der Waals surface area contributed by atoms with Crippen LogP contribution >= 0.6 is 24.0 Å². The highest BCUT2D eigenvalue weighted by Gasteiger charge is 2.41. The molecule has 0 aliphatic heterocycles. The van der Waals surface area contributed by atoms with E-state index in [4.69, 9.17) is 9.73 Å². The minimum absolute atomic E-state index is 0. The number of nitrogens with zero attached hydrogens (tertiary/aromatic N) is 1. The van der Waals surface area contributed by atoms with Gasteiger partial charge < -0.3 is 15.4 Å². The van der Waals surface area contributed by atoms with Crippen molar-refractivity contribution in [1.82, 2.24) is 10.6 Å². The first-order chi connectivity index (χ1) is 8.62. The average Bonchev–Trinajstić information content (AvgIpc) is 3.07. The molecule has 114 valence electrons. The zero-order chi connectivity index (χ0) is 13.4. The van der Waals surface area contributed by atoms with Gasteiger partial charge in [-0.2, -0.15) is 0 Å². The molecule has 2 N–H and O–H groups in total. The van der Waals surface area contributed by atoms with E-state index in [2.05, 4.69) is 31.4 Å². The Morgan fingerprint density at radius 3 is 2.47 bits per heavy atom. The topological polar surface area (TPSA) is 45.7 Å². The summed E-state index contributed by atoms with van der Waals surface area (Å²) in [5, 5.41) is 6.65. The molecule has 1 aliphatic rings. The summed E-state index contributed by atoms with van der Waals surface area (Å²) in [5.41, 5.74) is 0.425. The van der Waals surface area contributed by atoms with Crippen molar-refractivity contribution in [2.24, 2.45) is 10.4 Å². The largest absolute Gasteiger partial charge is 0.382 e. The van der Waals surface area contributed by atoms with E-state index < -0.39 is 0 Å². The van der Waals surface area contributed by atoms with E-state index in [1.807, 2.05) is 6.92 Å². The normalized spacial score (nSPS) is 17.0. The number of ether oxygens (including phenoxy) is 1. The molecule has 1 aliphatic carbocycles. The molecule has 0 aromatic rings. The molecule has 0 heterocycles. The number of rotatable bonds is 8. The molecule has 0 aromatic carbocycles. The second kappa shape index (κ2) is 9.80. The maximum atomic E-state index is 5.45. The van der Waals surface area contributed by atoms with Gasteiger partial charge in [0.15, 0.2) is 5.96 Å². The fourth-order valence-electron chi connectivity index (χ4n) is 1.94. The van der Waals surface area contributed by atoms with Crippen LogP contribution in [0.5, 0.6) is 0 Å². The van der Waals surface area contributed by atoms with Gasteiger partial charge in [-0.05, 0) is 52.4 Å². The zero-order valence-electron chi connectivity index (χ0n) is 12.8. The van der Waals surface area contributed by atoms with E-state index in [0.717, 1.165) is 38.7 Å². The number of nitrogens with one attached hydrogen (secondary N) is 2. The summed E-state index contributed by atoms with van der Waals surface area (Å²) in [7, 11) is 0. The third kappa shape index (κ3) is 7.97. The SMILES string of the molecule is CCNC(=NCC1(CCOCC)CC1)NC(C)C.I. The van der Waals surface area contributed by atoms with Crippen molar-refractivity contribution in [2.45, 2.75) is 53.0 Å². The highest BCUT2D eigenvalue weighted by Crippen LogP contribution is 2.48. The van der Waals surface area contributed by atoms with Crippen LogP contribution in [0.2, 0.25) is 0 Å². The lowest BCUT2D eigenvalue weighted by atomic mass is 10.0. The fourth-order valence-corrected chi connectivity index (χ4v) is 1.94. The lowest BCUT2D eigenvalue weighted by Crippen LogP contribution is -2.41. The van der Waals surface area contributed by atoms with Crippen molar-refractivity contribution in [2.75, 3.05) is 26.3 Å². The monoisotopic (exact) mass is 383 g/mol. The standard InChI is InChI=1S/C14H29N3O.HI/c1-5-15-13(17-12(3)4)16-11-14(7-8-14)9-10-18-6-2;/h12H,5-11H2,1-4H3,(H2,15,16,17);1H. The lowest BCUT2D eigenvalue weighted by Gasteiger charge is -2.17. The fraction of sp³-hybridized carbons (Fsp3) is 0.929. The van der Waals surface area contributed by atoms with Crippen molar-refractivity contribution in [1.29, 1.82) is 0 Å². The van der Waals surface area contributed by atoms with Crippen LogP contribution in [0.15, 0.2) is 4.99 Å². The van der Waals surface area contributed by atoms with E-state index in [1.165, 1.54) is 12.8 Å². The molecule has 0 bridgehead atoms. The molecule has 4 nitrogen and oxygen atoms in total. The van der Waals surface area contributed by atoms with Crippen LogP contribution in [0.1, 0.15) is 47.0 Å². The van der Waals surface area contributed by atoms with Crippen LogP contribution in [-0.2, 0) is 4.74 Å². The summed E-state index contributed by atoms with van der Waals surface area (Å²) in [5.74, 6) is 0.940. The molecule has 0 saturated heterocycles. The van der Waals surface area contributed by atoms with Gasteiger partial charge in [0.05, 0.1) is 0 Å². The Kier molecular flexibility index (Phi) is 9.78. The number of hydrogen-bond donors (Lipinski definition) is 2. The molecule has 0 unspecified atom stereocenters. The van der Waals surface area contributed by atoms with Crippen LogP contribution in [0.3, 0.4) is 0 Å². The number of aliphatic imine (C=N–C) groups is 1. The summed E-state index contributed by atoms with van der Waals surface area (Å²) in [6.45, 7) is 11.9. The first-order valence-electron chi connectivity index (χ1n) is 7.24. The van der Waals surface area contributed by atoms with Gasteiger partial charge in [0.25, 0.3) is 0 Å². The lowest BCUT2D eigenvalue weighted by molar-refractivity contribution is 0.129. The molecule has 1 saturated carbocycles. The van der Waals surface area contributed by atoms with Gasteiger partial charge in [-0.25, -0.2) is 0 Å². The van der Waals surface area contributed by atoms with Crippen molar-refractivity contribution in [3.05, 3.63) is 0 Å². The van der Waals surface area contributed by atoms with Gasteiger partial charge in [0.2, 0.25) is 0 Å². The Labute approximate surface area is 135 Å². The molecule has 0 amide bonds. The number of hydrogen-bond acceptors (Lipinski definition) is 2. The molecular weight excluding hydrogens is 353 g/mol. The molecule has 0 atom stereocenters. The predicted molar refractivity (Wildman–Crippen MR) is 92.4 cm³/mol. The predicted octanol–water partition coefficient (Wildman–Crippen LogP) is 2.77. The maximum Gasteiger partial charge on any atom is 0.191 e. The second-order valence-corrected chi connectivity index (χ2v) is 5.44. The van der Waals surface area contributed by atoms with Gasteiger partial charge in [-0.1, -0.05) is 0 Å². The third-order valence-electron chi connectivity index (χ3n) is 3.28. The van der Waals surface area contributed by atoms with Crippen LogP contribution in [-0.4, -0.2) is 38.3 Å². The summed E-state index contributed by atoms with van der Waals surface area (Å²) in [6, 6.07) is 0.418. The Morgan fingerprint density at radius 2 is 2.00 bits per heavy atom. The number of guanidine groups is 1. The summed E-state index contributed by atoms with van der Waals surface area (Å²) in [4.78, 5) is 4.71. The second-order valence-electron chi connectivity index (χ2n) is 5.44. The molecule has 0 aromatic heterocycles. The maximum absolute atomic E-state index is 5.45. The van der Waals surface area contributed by atoms with Crippen molar-refractivity contribution in [3.63, 3.8) is 0 Å². The highest BCUT2D eigenvalue weighted by atomic mass is 127. The minimum Gasteiger partial charge on any atom is -0.382 e. The van der Waals surface area contributed by atoms with E-state index in [1.54, 1.807) is 0 Å². The first-order valence-corrected chi connectivity index (χ1v) is 7.24. The van der Waals surface area contributed by atoms with Crippen LogP contribution in [0.25, 0.3) is 0 Å². The smallest absolute Gasteiger partial charge is 0.191 e. The van der Waals surface area contributed by atoms with E-state index in [-0.39, 0.29) is 24.0 Å². The van der Waals surface area contributed by atoms with Crippen LogP contribution in [0.4, 0.5) is 0 Å². The van der Waals surface area contributed by atoms with Gasteiger partial charge in [0, 0.05) is 32.3 Å². The first kappa shape index (κ1) is 19.0. The van der Waals surface area contributed by atoms with E-state index in [9.17, 15) is 0 Å². The van der Waals surface area contributed by atoms with E-state index >= 15 is 0 Å². The molecule has 1 rings (SSSR count). The summed E-state index contributed by atoms with van der Waals surface area (Å²) < 4.78 is 5.45. The quantitative estimate of drug-likeness (QED) is 0.293. The van der Waals surface area contributed by atoms with Crippen molar-refractivity contribution < 1.29 is 4.74 Å². The van der Waals surface area contributed by atoms with Gasteiger partial charge >= 0.3 is 0 Å². The Balaban J connectivity index is 0.00000324. The van der Waals surface area contributed by atoms with Gasteiger partial charge in [-0.15, -0.1) is 24.0 Å². The Morgan fingerprint density at radius 1 is 1.32 bits per heavy atom. The molecule has 1 fully saturated rings. The highest BCUT2D eigenvalue weighted by molar-refractivity contribution is 14.0. The zero-order valence-corrected chi connectivity index (χ0v) is 15.1. The molecule has 5 heteroatoms. The molecule has 0 radical (unpaired) electrons.